The molecule has 2 aromatic rings. The molecule has 1 amide bonds. The van der Waals surface area contributed by atoms with Crippen molar-refractivity contribution in [1.29, 1.82) is 0 Å². The average molecular weight is 527 g/mol. The second-order valence-electron chi connectivity index (χ2n) is 10.0. The molecule has 0 aliphatic carbocycles. The molecule has 0 spiro atoms. The average Bonchev–Trinajstić information content (AvgIpc) is 3.32. The summed E-state index contributed by atoms with van der Waals surface area (Å²) in [6.45, 7) is 6.73. The van der Waals surface area contributed by atoms with Gasteiger partial charge in [0.1, 0.15) is 0 Å². The molecule has 38 heavy (non-hydrogen) atoms. The van der Waals surface area contributed by atoms with Crippen LogP contribution in [-0.2, 0) is 12.7 Å². The van der Waals surface area contributed by atoms with Gasteiger partial charge >= 0.3 is 6.18 Å². The fourth-order valence-electron chi connectivity index (χ4n) is 5.18. The first-order valence-corrected chi connectivity index (χ1v) is 13.1. The summed E-state index contributed by atoms with van der Waals surface area (Å²) in [5, 5.41) is 11.5. The number of hydrazine groups is 1. The number of piperazine rings is 1. The molecule has 202 valence electrons. The number of nitrogens with zero attached hydrogens (tertiary/aromatic N) is 2. The van der Waals surface area contributed by atoms with Crippen LogP contribution in [0.1, 0.15) is 45.5 Å². The summed E-state index contributed by atoms with van der Waals surface area (Å²) in [5.74, 6) is 6.04. The molecular formula is C28H33F3N6O. The number of hydrogen-bond donors (Lipinski definition) is 4. The zero-order valence-electron chi connectivity index (χ0n) is 21.4. The Morgan fingerprint density at radius 1 is 1.13 bits per heavy atom. The van der Waals surface area contributed by atoms with Crippen molar-refractivity contribution in [3.8, 4) is 11.8 Å². The van der Waals surface area contributed by atoms with Crippen LogP contribution in [0.25, 0.3) is 0 Å². The van der Waals surface area contributed by atoms with Crippen LogP contribution >= 0.6 is 0 Å². The molecule has 2 atom stereocenters. The van der Waals surface area contributed by atoms with Gasteiger partial charge in [-0.3, -0.25) is 20.4 Å². The van der Waals surface area contributed by atoms with Gasteiger partial charge in [-0.15, -0.1) is 0 Å². The maximum Gasteiger partial charge on any atom is 0.416 e. The molecule has 0 saturated carbocycles. The van der Waals surface area contributed by atoms with Crippen LogP contribution in [0.4, 0.5) is 18.9 Å². The lowest BCUT2D eigenvalue weighted by molar-refractivity contribution is -0.138. The normalized spacial score (nSPS) is 22.4. The lowest BCUT2D eigenvalue weighted by atomic mass is 10.0. The van der Waals surface area contributed by atoms with Gasteiger partial charge in [0, 0.05) is 62.6 Å². The minimum Gasteiger partial charge on any atom is -0.322 e. The Balaban J connectivity index is 1.31. The smallest absolute Gasteiger partial charge is 0.322 e. The third kappa shape index (κ3) is 6.20. The van der Waals surface area contributed by atoms with Crippen molar-refractivity contribution in [2.75, 3.05) is 44.6 Å². The minimum absolute atomic E-state index is 0.0256. The molecule has 0 aromatic heterocycles. The summed E-state index contributed by atoms with van der Waals surface area (Å²) in [6, 6.07) is 9.23. The highest BCUT2D eigenvalue weighted by Crippen LogP contribution is 2.34. The van der Waals surface area contributed by atoms with Gasteiger partial charge < -0.3 is 10.6 Å². The number of halogens is 3. The quantitative estimate of drug-likeness (QED) is 0.460. The largest absolute Gasteiger partial charge is 0.416 e. The van der Waals surface area contributed by atoms with Gasteiger partial charge in [0.25, 0.3) is 5.91 Å². The van der Waals surface area contributed by atoms with E-state index in [9.17, 15) is 18.0 Å². The van der Waals surface area contributed by atoms with Gasteiger partial charge in [-0.1, -0.05) is 24.0 Å². The summed E-state index contributed by atoms with van der Waals surface area (Å²) < 4.78 is 41.7. The SMILES string of the molecule is Cc1ccc(C(=O)Nc2ccc(CN3CCNCC3)c(C(F)(F)F)c2)cc1C#CC1CNC2CCCNN12. The van der Waals surface area contributed by atoms with Crippen LogP contribution in [-0.4, -0.2) is 67.3 Å². The van der Waals surface area contributed by atoms with Crippen molar-refractivity contribution in [2.24, 2.45) is 0 Å². The zero-order chi connectivity index (χ0) is 26.7. The highest BCUT2D eigenvalue weighted by molar-refractivity contribution is 6.04. The molecule has 0 bridgehead atoms. The molecule has 2 unspecified atom stereocenters. The Hall–Kier alpha value is -2.94. The van der Waals surface area contributed by atoms with Crippen molar-refractivity contribution in [3.05, 3.63) is 64.2 Å². The summed E-state index contributed by atoms with van der Waals surface area (Å²) in [5.41, 5.74) is 4.99. The molecule has 3 aliphatic heterocycles. The first kappa shape index (κ1) is 26.7. The summed E-state index contributed by atoms with van der Waals surface area (Å²) in [6.07, 6.45) is -2.04. The van der Waals surface area contributed by atoms with Gasteiger partial charge in [0.05, 0.1) is 17.8 Å². The highest BCUT2D eigenvalue weighted by atomic mass is 19.4. The standard InChI is InChI=1S/C28H33F3N6O/c1-19-4-5-21(15-20(19)7-9-24-17-33-26-3-2-10-34-37(24)26)27(38)35-23-8-6-22(25(16-23)28(29,30)31)18-36-13-11-32-12-14-36/h4-6,8,15-16,24,26,32-34H,2-3,10-14,17-18H2,1H3,(H,35,38). The number of aryl methyl sites for hydroxylation is 1. The number of carbonyl (C=O) groups excluding carboxylic acids is 1. The highest BCUT2D eigenvalue weighted by Gasteiger charge is 2.35. The van der Waals surface area contributed by atoms with Gasteiger partial charge in [0.15, 0.2) is 0 Å². The van der Waals surface area contributed by atoms with Gasteiger partial charge in [-0.25, -0.2) is 5.01 Å². The lowest BCUT2D eigenvalue weighted by Crippen LogP contribution is -2.52. The molecule has 3 saturated heterocycles. The number of amides is 1. The number of rotatable bonds is 4. The molecular weight excluding hydrogens is 493 g/mol. The first-order chi connectivity index (χ1) is 18.3. The van der Waals surface area contributed by atoms with E-state index in [0.29, 0.717) is 18.7 Å². The van der Waals surface area contributed by atoms with E-state index < -0.39 is 17.6 Å². The van der Waals surface area contributed by atoms with E-state index in [1.165, 1.54) is 12.1 Å². The number of fused-ring (bicyclic) bond motifs is 1. The van der Waals surface area contributed by atoms with Crippen LogP contribution in [0.3, 0.4) is 0 Å². The fourth-order valence-corrected chi connectivity index (χ4v) is 5.18. The predicted molar refractivity (Wildman–Crippen MR) is 140 cm³/mol. The third-order valence-corrected chi connectivity index (χ3v) is 7.32. The van der Waals surface area contributed by atoms with Crippen LogP contribution in [0.15, 0.2) is 36.4 Å². The Bertz CT molecular complexity index is 1230. The number of anilines is 1. The number of alkyl halides is 3. The van der Waals surface area contributed by atoms with Crippen molar-refractivity contribution in [1.82, 2.24) is 26.0 Å². The predicted octanol–water partition coefficient (Wildman–Crippen LogP) is 2.92. The summed E-state index contributed by atoms with van der Waals surface area (Å²) in [7, 11) is 0. The molecule has 7 nitrogen and oxygen atoms in total. The molecule has 5 rings (SSSR count). The van der Waals surface area contributed by atoms with Crippen molar-refractivity contribution in [2.45, 2.75) is 44.7 Å². The number of benzene rings is 2. The Kier molecular flexibility index (Phi) is 8.02. The molecule has 0 radical (unpaired) electrons. The third-order valence-electron chi connectivity index (χ3n) is 7.32. The number of hydrogen-bond acceptors (Lipinski definition) is 6. The van der Waals surface area contributed by atoms with Crippen molar-refractivity contribution in [3.63, 3.8) is 0 Å². The van der Waals surface area contributed by atoms with Crippen molar-refractivity contribution >= 4 is 11.6 Å². The fraction of sp³-hybridized carbons (Fsp3) is 0.464. The maximum absolute atomic E-state index is 13.9. The van der Waals surface area contributed by atoms with E-state index in [0.717, 1.165) is 56.2 Å². The second kappa shape index (κ2) is 11.4. The Labute approximate surface area is 221 Å². The molecule has 10 heteroatoms. The van der Waals surface area contributed by atoms with Crippen LogP contribution < -0.4 is 21.4 Å². The van der Waals surface area contributed by atoms with E-state index in [4.69, 9.17) is 0 Å². The molecule has 3 heterocycles. The maximum atomic E-state index is 13.9. The molecule has 4 N–H and O–H groups in total. The van der Waals surface area contributed by atoms with Crippen LogP contribution in [0.2, 0.25) is 0 Å². The molecule has 3 fully saturated rings. The number of nitrogens with one attached hydrogen (secondary N) is 4. The van der Waals surface area contributed by atoms with Crippen LogP contribution in [0.5, 0.6) is 0 Å². The lowest BCUT2D eigenvalue weighted by Gasteiger charge is -2.31. The first-order valence-electron chi connectivity index (χ1n) is 13.1. The number of carbonyl (C=O) groups is 1. The minimum atomic E-state index is -4.52. The summed E-state index contributed by atoms with van der Waals surface area (Å²) >= 11 is 0. The van der Waals surface area contributed by atoms with Crippen molar-refractivity contribution < 1.29 is 18.0 Å². The van der Waals surface area contributed by atoms with E-state index in [1.54, 1.807) is 12.1 Å². The Morgan fingerprint density at radius 2 is 1.95 bits per heavy atom. The van der Waals surface area contributed by atoms with E-state index in [2.05, 4.69) is 38.2 Å². The zero-order valence-corrected chi connectivity index (χ0v) is 21.4. The molecule has 3 aliphatic rings. The topological polar surface area (TPSA) is 71.7 Å². The Morgan fingerprint density at radius 3 is 2.74 bits per heavy atom. The van der Waals surface area contributed by atoms with E-state index >= 15 is 0 Å². The van der Waals surface area contributed by atoms with E-state index in [1.807, 2.05) is 17.9 Å². The monoisotopic (exact) mass is 526 g/mol. The van der Waals surface area contributed by atoms with Gasteiger partial charge in [0.2, 0.25) is 0 Å². The summed E-state index contributed by atoms with van der Waals surface area (Å²) in [4.78, 5) is 15.0. The van der Waals surface area contributed by atoms with Gasteiger partial charge in [-0.05, 0) is 55.2 Å². The molecule has 2 aromatic carbocycles. The second-order valence-corrected chi connectivity index (χ2v) is 10.0. The van der Waals surface area contributed by atoms with Crippen LogP contribution in [0, 0.1) is 18.8 Å². The van der Waals surface area contributed by atoms with E-state index in [-0.39, 0.29) is 30.0 Å². The van der Waals surface area contributed by atoms with Gasteiger partial charge in [-0.2, -0.15) is 13.2 Å².